The van der Waals surface area contributed by atoms with E-state index >= 15 is 0 Å². The van der Waals surface area contributed by atoms with E-state index in [0.717, 1.165) is 10.5 Å². The van der Waals surface area contributed by atoms with Crippen molar-refractivity contribution >= 4 is 74.7 Å². The summed E-state index contributed by atoms with van der Waals surface area (Å²) in [6.45, 7) is 0. The number of ether oxygens (including phenoxy) is 1. The molecule has 2 heterocycles. The fraction of sp³-hybridized carbons (Fsp3) is 0.0357. The van der Waals surface area contributed by atoms with E-state index in [1.165, 1.54) is 48.8 Å². The summed E-state index contributed by atoms with van der Waals surface area (Å²) in [5, 5.41) is 8.15. The van der Waals surface area contributed by atoms with Crippen LogP contribution < -0.4 is 15.5 Å². The molecule has 0 saturated carbocycles. The predicted octanol–water partition coefficient (Wildman–Crippen LogP) is 5.94. The summed E-state index contributed by atoms with van der Waals surface area (Å²) in [5.74, 6) is -2.38. The van der Waals surface area contributed by atoms with Crippen LogP contribution in [0, 0.1) is 0 Å². The van der Waals surface area contributed by atoms with Crippen LogP contribution in [0.4, 0.5) is 16.5 Å². The Kier molecular flexibility index (Phi) is 7.65. The zero-order valence-electron chi connectivity index (χ0n) is 20.6. The van der Waals surface area contributed by atoms with Gasteiger partial charge in [0.15, 0.2) is 5.13 Å². The minimum Gasteiger partial charge on any atom is -0.465 e. The van der Waals surface area contributed by atoms with Crippen molar-refractivity contribution in [3.63, 3.8) is 0 Å². The van der Waals surface area contributed by atoms with Crippen LogP contribution in [0.3, 0.4) is 0 Å². The molecule has 2 N–H and O–H groups in total. The number of amides is 3. The number of hydrogen-bond acceptors (Lipinski definition) is 8. The van der Waals surface area contributed by atoms with Gasteiger partial charge in [-0.25, -0.2) is 14.7 Å². The van der Waals surface area contributed by atoms with E-state index in [9.17, 15) is 19.2 Å². The first-order valence-corrected chi connectivity index (χ1v) is 13.3. The molecule has 1 aliphatic heterocycles. The van der Waals surface area contributed by atoms with Gasteiger partial charge >= 0.3 is 5.97 Å². The number of imide groups is 1. The van der Waals surface area contributed by atoms with Gasteiger partial charge in [0, 0.05) is 27.2 Å². The maximum Gasteiger partial charge on any atom is 0.337 e. The molecule has 0 radical (unpaired) electrons. The molecule has 40 heavy (non-hydrogen) atoms. The third-order valence-corrected chi connectivity index (χ3v) is 7.19. The molecule has 4 aromatic rings. The molecule has 0 saturated heterocycles. The number of methoxy groups -OCH3 is 1. The first kappa shape index (κ1) is 27.1. The average molecular weight is 593 g/mol. The second kappa shape index (κ2) is 11.3. The summed E-state index contributed by atoms with van der Waals surface area (Å²) in [5.41, 5.74) is 2.56. The van der Waals surface area contributed by atoms with Crippen LogP contribution in [-0.4, -0.2) is 35.8 Å². The molecule has 0 fully saturated rings. The fourth-order valence-electron chi connectivity index (χ4n) is 3.85. The molecule has 200 valence electrons. The van der Waals surface area contributed by atoms with E-state index in [-0.39, 0.29) is 27.5 Å². The zero-order chi connectivity index (χ0) is 28.4. The van der Waals surface area contributed by atoms with Crippen molar-refractivity contribution in [1.29, 1.82) is 0 Å². The number of carbonyl (C=O) groups excluding carboxylic acids is 4. The number of thiazole rings is 1. The molecule has 12 heteroatoms. The van der Waals surface area contributed by atoms with Crippen molar-refractivity contribution < 1.29 is 23.9 Å². The first-order chi connectivity index (χ1) is 19.2. The second-order valence-electron chi connectivity index (χ2n) is 8.38. The topological polar surface area (TPSA) is 118 Å². The third-order valence-electron chi connectivity index (χ3n) is 5.83. The van der Waals surface area contributed by atoms with E-state index in [1.54, 1.807) is 30.3 Å². The Morgan fingerprint density at radius 1 is 0.925 bits per heavy atom. The number of nitrogens with zero attached hydrogens (tertiary/aromatic N) is 2. The van der Waals surface area contributed by atoms with Gasteiger partial charge in [0.05, 0.1) is 24.1 Å². The van der Waals surface area contributed by atoms with E-state index in [2.05, 4.69) is 20.4 Å². The Bertz CT molecular complexity index is 1680. The van der Waals surface area contributed by atoms with Crippen molar-refractivity contribution in [3.05, 3.63) is 105 Å². The molecule has 0 atom stereocenters. The van der Waals surface area contributed by atoms with Crippen molar-refractivity contribution in [3.8, 4) is 11.3 Å². The zero-order valence-corrected chi connectivity index (χ0v) is 22.9. The molecule has 1 aromatic heterocycles. The molecule has 3 amide bonds. The van der Waals surface area contributed by atoms with Gasteiger partial charge in [0.25, 0.3) is 17.7 Å². The van der Waals surface area contributed by atoms with Gasteiger partial charge in [-0.3, -0.25) is 19.7 Å². The largest absolute Gasteiger partial charge is 0.465 e. The van der Waals surface area contributed by atoms with E-state index in [4.69, 9.17) is 23.2 Å². The van der Waals surface area contributed by atoms with Crippen LogP contribution in [-0.2, 0) is 14.3 Å². The highest BCUT2D eigenvalue weighted by Crippen LogP contribution is 2.31. The lowest BCUT2D eigenvalue weighted by Crippen LogP contribution is -2.32. The van der Waals surface area contributed by atoms with Crippen molar-refractivity contribution in [2.75, 3.05) is 22.6 Å². The summed E-state index contributed by atoms with van der Waals surface area (Å²) in [7, 11) is 1.25. The first-order valence-electron chi connectivity index (χ1n) is 11.6. The molecule has 5 rings (SSSR count). The highest BCUT2D eigenvalue weighted by Gasteiger charge is 2.39. The van der Waals surface area contributed by atoms with Crippen LogP contribution in [0.2, 0.25) is 5.02 Å². The fourth-order valence-corrected chi connectivity index (χ4v) is 4.90. The molecule has 0 spiro atoms. The Hall–Kier alpha value is -4.51. The Morgan fingerprint density at radius 3 is 2.35 bits per heavy atom. The molecule has 0 aliphatic carbocycles. The number of esters is 1. The van der Waals surface area contributed by atoms with Gasteiger partial charge in [0.1, 0.15) is 10.7 Å². The van der Waals surface area contributed by atoms with Crippen LogP contribution >= 0.6 is 34.5 Å². The predicted molar refractivity (Wildman–Crippen MR) is 154 cm³/mol. The molecular formula is C28H18Cl2N4O5S. The summed E-state index contributed by atoms with van der Waals surface area (Å²) < 4.78 is 4.67. The summed E-state index contributed by atoms with van der Waals surface area (Å²) in [4.78, 5) is 55.9. The smallest absolute Gasteiger partial charge is 0.337 e. The van der Waals surface area contributed by atoms with Crippen LogP contribution in [0.15, 0.2) is 88.9 Å². The van der Waals surface area contributed by atoms with Gasteiger partial charge in [0.2, 0.25) is 0 Å². The Labute approximate surface area is 242 Å². The highest BCUT2D eigenvalue weighted by molar-refractivity contribution is 7.14. The van der Waals surface area contributed by atoms with Crippen LogP contribution in [0.25, 0.3) is 11.3 Å². The number of anilines is 3. The number of aromatic nitrogens is 1. The van der Waals surface area contributed by atoms with Crippen LogP contribution in [0.1, 0.15) is 20.7 Å². The van der Waals surface area contributed by atoms with Gasteiger partial charge in [-0.2, -0.15) is 0 Å². The van der Waals surface area contributed by atoms with Crippen molar-refractivity contribution in [1.82, 2.24) is 4.98 Å². The number of hydrogen-bond donors (Lipinski definition) is 2. The lowest BCUT2D eigenvalue weighted by molar-refractivity contribution is -0.120. The van der Waals surface area contributed by atoms with Gasteiger partial charge in [-0.15, -0.1) is 11.3 Å². The maximum atomic E-state index is 13.1. The molecule has 9 nitrogen and oxygen atoms in total. The van der Waals surface area contributed by atoms with E-state index in [1.807, 2.05) is 17.5 Å². The Balaban J connectivity index is 1.29. The van der Waals surface area contributed by atoms with Crippen molar-refractivity contribution in [2.24, 2.45) is 0 Å². The van der Waals surface area contributed by atoms with Gasteiger partial charge < -0.3 is 10.1 Å². The molecule has 3 aromatic carbocycles. The standard InChI is InChI=1S/C28H18Cl2N4O5S/c1-39-27(38)16-7-11-20(12-8-16)34-25(36)22(30)23(26(34)37)31-19-4-2-3-17(13-19)24(35)33-28-32-21(14-40-28)15-5-9-18(29)10-6-15/h2-14,31H,1H3,(H,32,33,35). The maximum absolute atomic E-state index is 13.1. The summed E-state index contributed by atoms with van der Waals surface area (Å²) in [6, 6.07) is 19.3. The number of halogens is 2. The number of benzene rings is 3. The SMILES string of the molecule is COC(=O)c1ccc(N2C(=O)C(Cl)=C(Nc3cccc(C(=O)Nc4nc(-c5ccc(Cl)cc5)cs4)c3)C2=O)cc1. The quantitative estimate of drug-likeness (QED) is 0.201. The summed E-state index contributed by atoms with van der Waals surface area (Å²) >= 11 is 13.4. The van der Waals surface area contributed by atoms with E-state index in [0.29, 0.717) is 21.5 Å². The average Bonchev–Trinajstić information content (AvgIpc) is 3.51. The number of carbonyl (C=O) groups is 4. The van der Waals surface area contributed by atoms with Crippen molar-refractivity contribution in [2.45, 2.75) is 0 Å². The minimum absolute atomic E-state index is 0.145. The Morgan fingerprint density at radius 2 is 1.65 bits per heavy atom. The van der Waals surface area contributed by atoms with Gasteiger partial charge in [-0.1, -0.05) is 41.4 Å². The molecule has 1 aliphatic rings. The van der Waals surface area contributed by atoms with Gasteiger partial charge in [-0.05, 0) is 54.6 Å². The monoisotopic (exact) mass is 592 g/mol. The summed E-state index contributed by atoms with van der Waals surface area (Å²) in [6.07, 6.45) is 0. The normalized spacial score (nSPS) is 13.0. The lowest BCUT2D eigenvalue weighted by Gasteiger charge is -2.15. The molecule has 0 unspecified atom stereocenters. The molecule has 0 bridgehead atoms. The highest BCUT2D eigenvalue weighted by atomic mass is 35.5. The molecular weight excluding hydrogens is 575 g/mol. The van der Waals surface area contributed by atoms with E-state index < -0.39 is 23.7 Å². The van der Waals surface area contributed by atoms with Crippen LogP contribution in [0.5, 0.6) is 0 Å². The second-order valence-corrected chi connectivity index (χ2v) is 10.1. The third kappa shape index (κ3) is 5.46. The number of rotatable bonds is 7. The number of nitrogens with one attached hydrogen (secondary N) is 2. The minimum atomic E-state index is -0.728. The lowest BCUT2D eigenvalue weighted by atomic mass is 10.2.